The summed E-state index contributed by atoms with van der Waals surface area (Å²) in [6.45, 7) is 4.56. The van der Waals surface area contributed by atoms with Crippen LogP contribution < -0.4 is 5.32 Å². The second-order valence-corrected chi connectivity index (χ2v) is 6.69. The molecular formula is C13H17F2NO3S. The van der Waals surface area contributed by atoms with E-state index >= 15 is 0 Å². The molecule has 0 heterocycles. The van der Waals surface area contributed by atoms with Crippen molar-refractivity contribution in [3.8, 4) is 0 Å². The van der Waals surface area contributed by atoms with Crippen molar-refractivity contribution in [1.29, 1.82) is 0 Å². The molecule has 0 aromatic heterocycles. The fourth-order valence-corrected chi connectivity index (χ4v) is 2.20. The fourth-order valence-electron chi connectivity index (χ4n) is 1.48. The molecule has 20 heavy (non-hydrogen) atoms. The Kier molecular flexibility index (Phi) is 5.62. The molecule has 0 radical (unpaired) electrons. The number of rotatable bonds is 6. The summed E-state index contributed by atoms with van der Waals surface area (Å²) in [5, 5.41) is 2.67. The average molecular weight is 305 g/mol. The molecule has 0 unspecified atom stereocenters. The Morgan fingerprint density at radius 3 is 2.20 bits per heavy atom. The van der Waals surface area contributed by atoms with Gasteiger partial charge in [-0.15, -0.1) is 0 Å². The summed E-state index contributed by atoms with van der Waals surface area (Å²) < 4.78 is 47.1. The summed E-state index contributed by atoms with van der Waals surface area (Å²) in [6, 6.07) is 4.47. The molecule has 0 aliphatic rings. The van der Waals surface area contributed by atoms with E-state index in [4.69, 9.17) is 0 Å². The van der Waals surface area contributed by atoms with Crippen LogP contribution in [0.3, 0.4) is 0 Å². The fraction of sp³-hybridized carbons (Fsp3) is 0.462. The third-order valence-electron chi connectivity index (χ3n) is 2.69. The maximum atomic E-state index is 12.3. The number of hydrogen-bond donors (Lipinski definition) is 1. The van der Waals surface area contributed by atoms with E-state index in [2.05, 4.69) is 5.32 Å². The average Bonchev–Trinajstić information content (AvgIpc) is 2.38. The standard InChI is InChI=1S/C13H17F2NO3S/c1-9(2)7-8-16-12(17)10-3-5-11(6-4-10)20(18,19)13(14)15/h3-6,9,13H,7-8H2,1-2H3,(H,16,17). The van der Waals surface area contributed by atoms with Gasteiger partial charge in [-0.3, -0.25) is 4.79 Å². The third-order valence-corrected chi connectivity index (χ3v) is 4.09. The monoisotopic (exact) mass is 305 g/mol. The molecule has 4 nitrogen and oxygen atoms in total. The second-order valence-electron chi connectivity index (χ2n) is 4.77. The highest BCUT2D eigenvalue weighted by molar-refractivity contribution is 7.91. The van der Waals surface area contributed by atoms with Crippen LogP contribution in [0, 0.1) is 5.92 Å². The minimum Gasteiger partial charge on any atom is -0.352 e. The van der Waals surface area contributed by atoms with Crippen LogP contribution in [-0.4, -0.2) is 26.6 Å². The molecule has 7 heteroatoms. The van der Waals surface area contributed by atoms with Gasteiger partial charge >= 0.3 is 5.76 Å². The molecule has 1 rings (SSSR count). The molecule has 0 bridgehead atoms. The summed E-state index contributed by atoms with van der Waals surface area (Å²) in [4.78, 5) is 11.2. The number of sulfone groups is 1. The highest BCUT2D eigenvalue weighted by atomic mass is 32.2. The minimum atomic E-state index is -4.61. The van der Waals surface area contributed by atoms with Crippen molar-refractivity contribution < 1.29 is 22.0 Å². The van der Waals surface area contributed by atoms with Crippen LogP contribution in [0.5, 0.6) is 0 Å². The zero-order valence-electron chi connectivity index (χ0n) is 11.3. The van der Waals surface area contributed by atoms with Gasteiger partial charge in [-0.2, -0.15) is 8.78 Å². The first-order valence-electron chi connectivity index (χ1n) is 6.15. The quantitative estimate of drug-likeness (QED) is 0.878. The summed E-state index contributed by atoms with van der Waals surface area (Å²) >= 11 is 0. The van der Waals surface area contributed by atoms with Gasteiger partial charge < -0.3 is 5.32 Å². The van der Waals surface area contributed by atoms with Crippen molar-refractivity contribution in [3.63, 3.8) is 0 Å². The van der Waals surface area contributed by atoms with Gasteiger partial charge in [0.1, 0.15) is 0 Å². The Hall–Kier alpha value is -1.50. The first kappa shape index (κ1) is 16.6. The van der Waals surface area contributed by atoms with E-state index in [0.717, 1.165) is 18.6 Å². The van der Waals surface area contributed by atoms with E-state index in [0.29, 0.717) is 12.5 Å². The van der Waals surface area contributed by atoms with Crippen molar-refractivity contribution in [2.24, 2.45) is 5.92 Å². The first-order valence-corrected chi connectivity index (χ1v) is 7.70. The molecule has 0 saturated carbocycles. The lowest BCUT2D eigenvalue weighted by molar-refractivity contribution is 0.0952. The molecule has 1 amide bonds. The van der Waals surface area contributed by atoms with E-state index in [1.165, 1.54) is 12.1 Å². The predicted molar refractivity (Wildman–Crippen MR) is 71.4 cm³/mol. The van der Waals surface area contributed by atoms with E-state index in [-0.39, 0.29) is 11.5 Å². The largest absolute Gasteiger partial charge is 0.352 e. The molecule has 1 aromatic rings. The highest BCUT2D eigenvalue weighted by Crippen LogP contribution is 2.18. The van der Waals surface area contributed by atoms with Gasteiger partial charge in [-0.05, 0) is 36.6 Å². The smallest absolute Gasteiger partial charge is 0.341 e. The highest BCUT2D eigenvalue weighted by Gasteiger charge is 2.26. The summed E-state index contributed by atoms with van der Waals surface area (Å²) in [7, 11) is -4.61. The van der Waals surface area contributed by atoms with Gasteiger partial charge in [0.25, 0.3) is 5.91 Å². The van der Waals surface area contributed by atoms with Crippen LogP contribution in [0.2, 0.25) is 0 Å². The van der Waals surface area contributed by atoms with E-state index in [9.17, 15) is 22.0 Å². The molecule has 1 N–H and O–H groups in total. The van der Waals surface area contributed by atoms with Gasteiger partial charge in [-0.25, -0.2) is 8.42 Å². The van der Waals surface area contributed by atoms with Crippen molar-refractivity contribution in [3.05, 3.63) is 29.8 Å². The third kappa shape index (κ3) is 4.26. The van der Waals surface area contributed by atoms with Crippen molar-refractivity contribution in [2.45, 2.75) is 30.9 Å². The van der Waals surface area contributed by atoms with Gasteiger partial charge in [0, 0.05) is 12.1 Å². The van der Waals surface area contributed by atoms with Crippen LogP contribution in [0.15, 0.2) is 29.2 Å². The Morgan fingerprint density at radius 2 is 1.75 bits per heavy atom. The lowest BCUT2D eigenvalue weighted by Gasteiger charge is -2.08. The molecule has 0 saturated heterocycles. The molecule has 0 aliphatic heterocycles. The van der Waals surface area contributed by atoms with Gasteiger partial charge in [0.05, 0.1) is 4.90 Å². The molecule has 112 valence electrons. The number of nitrogens with one attached hydrogen (secondary N) is 1. The van der Waals surface area contributed by atoms with Crippen LogP contribution in [0.4, 0.5) is 8.78 Å². The number of hydrogen-bond acceptors (Lipinski definition) is 3. The van der Waals surface area contributed by atoms with Gasteiger partial charge in [0.2, 0.25) is 9.84 Å². The number of carbonyl (C=O) groups is 1. The lowest BCUT2D eigenvalue weighted by atomic mass is 10.1. The molecular weight excluding hydrogens is 288 g/mol. The van der Waals surface area contributed by atoms with Crippen LogP contribution in [0.1, 0.15) is 30.6 Å². The van der Waals surface area contributed by atoms with Crippen molar-refractivity contribution in [1.82, 2.24) is 5.32 Å². The zero-order valence-corrected chi connectivity index (χ0v) is 12.1. The van der Waals surface area contributed by atoms with Crippen LogP contribution >= 0.6 is 0 Å². The second kappa shape index (κ2) is 6.78. The normalized spacial score (nSPS) is 11.9. The lowest BCUT2D eigenvalue weighted by Crippen LogP contribution is -2.25. The van der Waals surface area contributed by atoms with E-state index in [1.807, 2.05) is 13.8 Å². The number of halogens is 2. The van der Waals surface area contributed by atoms with E-state index < -0.39 is 20.5 Å². The number of carbonyl (C=O) groups excluding carboxylic acids is 1. The Balaban J connectivity index is 2.74. The number of benzene rings is 1. The Labute approximate surface area is 117 Å². The molecule has 0 fully saturated rings. The van der Waals surface area contributed by atoms with Crippen LogP contribution in [0.25, 0.3) is 0 Å². The van der Waals surface area contributed by atoms with Crippen LogP contribution in [-0.2, 0) is 9.84 Å². The molecule has 1 aromatic carbocycles. The minimum absolute atomic E-state index is 0.238. The summed E-state index contributed by atoms with van der Waals surface area (Å²) in [5.41, 5.74) is 0.238. The maximum absolute atomic E-state index is 12.3. The van der Waals surface area contributed by atoms with Crippen molar-refractivity contribution >= 4 is 15.7 Å². The molecule has 0 spiro atoms. The molecule has 0 atom stereocenters. The predicted octanol–water partition coefficient (Wildman–Crippen LogP) is 2.46. The van der Waals surface area contributed by atoms with Gasteiger partial charge in [0.15, 0.2) is 0 Å². The maximum Gasteiger partial charge on any atom is 0.341 e. The Bertz CT molecular complexity index is 553. The van der Waals surface area contributed by atoms with Gasteiger partial charge in [-0.1, -0.05) is 13.8 Å². The SMILES string of the molecule is CC(C)CCNC(=O)c1ccc(S(=O)(=O)C(F)F)cc1. The number of amides is 1. The zero-order chi connectivity index (χ0) is 15.3. The topological polar surface area (TPSA) is 63.2 Å². The summed E-state index contributed by atoms with van der Waals surface area (Å²) in [5.74, 6) is -3.37. The molecule has 0 aliphatic carbocycles. The summed E-state index contributed by atoms with van der Waals surface area (Å²) in [6.07, 6.45) is 0.823. The first-order chi connectivity index (χ1) is 9.25. The van der Waals surface area contributed by atoms with E-state index in [1.54, 1.807) is 0 Å². The van der Waals surface area contributed by atoms with Crippen molar-refractivity contribution in [2.75, 3.05) is 6.54 Å². The number of alkyl halides is 2. The Morgan fingerprint density at radius 1 is 1.20 bits per heavy atom.